The highest BCUT2D eigenvalue weighted by atomic mass is 16.6. The first-order valence-corrected chi connectivity index (χ1v) is 6.98. The van der Waals surface area contributed by atoms with E-state index < -0.39 is 41.8 Å². The van der Waals surface area contributed by atoms with Gasteiger partial charge in [0.2, 0.25) is 0 Å². The summed E-state index contributed by atoms with van der Waals surface area (Å²) in [5.41, 5.74) is -2.21. The van der Waals surface area contributed by atoms with Crippen LogP contribution in [0.2, 0.25) is 0 Å². The molecule has 1 aliphatic heterocycles. The summed E-state index contributed by atoms with van der Waals surface area (Å²) < 4.78 is 47.1. The van der Waals surface area contributed by atoms with E-state index in [4.69, 9.17) is 16.7 Å². The van der Waals surface area contributed by atoms with Crippen LogP contribution >= 0.6 is 0 Å². The molecule has 2 atom stereocenters. The number of carboxylic acids is 1. The zero-order valence-electron chi connectivity index (χ0n) is 17.6. The van der Waals surface area contributed by atoms with Gasteiger partial charge in [-0.2, -0.15) is 0 Å². The highest BCUT2D eigenvalue weighted by molar-refractivity contribution is 5.87. The Morgan fingerprint density at radius 1 is 1.41 bits per heavy atom. The predicted octanol–water partition coefficient (Wildman–Crippen LogP) is 2.89. The summed E-state index contributed by atoms with van der Waals surface area (Å²) in [6.45, 7) is 1.91. The molecule has 2 aliphatic rings. The Balaban J connectivity index is 2.05. The van der Waals surface area contributed by atoms with E-state index in [1.165, 1.54) is 24.3 Å². The molecule has 1 saturated heterocycles. The van der Waals surface area contributed by atoms with E-state index in [0.29, 0.717) is 0 Å². The second kappa shape index (κ2) is 4.73. The van der Waals surface area contributed by atoms with Crippen LogP contribution in [0.5, 0.6) is 0 Å². The number of piperidine rings is 1. The van der Waals surface area contributed by atoms with Crippen molar-refractivity contribution in [1.82, 2.24) is 4.90 Å². The molecular weight excluding hydrogens is 282 g/mol. The molecular formula is C17H21NO4. The summed E-state index contributed by atoms with van der Waals surface area (Å²) in [7, 11) is 0. The average Bonchev–Trinajstić information content (AvgIpc) is 2.80. The number of likely N-dealkylation sites (tertiary alicyclic amines) is 1. The van der Waals surface area contributed by atoms with Crippen molar-refractivity contribution in [3.05, 3.63) is 35.4 Å². The molecule has 0 aromatic heterocycles. The van der Waals surface area contributed by atoms with Crippen LogP contribution in [0.1, 0.15) is 49.9 Å². The molecule has 0 bridgehead atoms. The first-order valence-electron chi connectivity index (χ1n) is 9.48. The van der Waals surface area contributed by atoms with Crippen LogP contribution in [-0.2, 0) is 10.2 Å². The molecule has 0 unspecified atom stereocenters. The van der Waals surface area contributed by atoms with Gasteiger partial charge in [-0.25, -0.2) is 9.59 Å². The van der Waals surface area contributed by atoms with E-state index >= 15 is 0 Å². The molecule has 118 valence electrons. The van der Waals surface area contributed by atoms with E-state index in [1.54, 1.807) is 20.8 Å². The first kappa shape index (κ1) is 9.87. The predicted molar refractivity (Wildman–Crippen MR) is 81.0 cm³/mol. The van der Waals surface area contributed by atoms with Gasteiger partial charge in [0.1, 0.15) is 5.60 Å². The molecule has 1 heterocycles. The van der Waals surface area contributed by atoms with Gasteiger partial charge in [-0.1, -0.05) is 12.1 Å². The fraction of sp³-hybridized carbons (Fsp3) is 0.529. The zero-order valence-corrected chi connectivity index (χ0v) is 12.6. The molecule has 0 spiro atoms. The Hall–Kier alpha value is -2.04. The largest absolute Gasteiger partial charge is 0.478 e. The Bertz CT molecular complexity index is 820. The zero-order chi connectivity index (χ0) is 20.6. The second-order valence-corrected chi connectivity index (χ2v) is 6.47. The Morgan fingerprint density at radius 2 is 2.05 bits per heavy atom. The van der Waals surface area contributed by atoms with Gasteiger partial charge in [0.25, 0.3) is 0 Å². The number of ether oxygens (including phenoxy) is 1. The van der Waals surface area contributed by atoms with Gasteiger partial charge in [-0.3, -0.25) is 0 Å². The molecule has 2 fully saturated rings. The monoisotopic (exact) mass is 308 g/mol. The van der Waals surface area contributed by atoms with Crippen molar-refractivity contribution in [2.75, 3.05) is 13.0 Å². The summed E-state index contributed by atoms with van der Waals surface area (Å²) >= 11 is 0. The highest BCUT2D eigenvalue weighted by Gasteiger charge is 2.62. The van der Waals surface area contributed by atoms with Gasteiger partial charge < -0.3 is 14.7 Å². The van der Waals surface area contributed by atoms with Crippen molar-refractivity contribution < 1.29 is 26.3 Å². The number of benzene rings is 1. The van der Waals surface area contributed by atoms with Gasteiger partial charge in [0.05, 0.1) is 5.56 Å². The van der Waals surface area contributed by atoms with Crippen LogP contribution in [0, 0.1) is 5.89 Å². The van der Waals surface area contributed by atoms with Gasteiger partial charge in [-0.05, 0) is 50.7 Å². The van der Waals surface area contributed by atoms with Crippen LogP contribution in [0.15, 0.2) is 24.3 Å². The molecule has 1 aromatic rings. The third kappa shape index (κ3) is 2.56. The highest BCUT2D eigenvalue weighted by Crippen LogP contribution is 2.59. The lowest BCUT2D eigenvalue weighted by atomic mass is 9.94. The van der Waals surface area contributed by atoms with Crippen molar-refractivity contribution in [3.8, 4) is 0 Å². The molecule has 3 rings (SSSR count). The van der Waals surface area contributed by atoms with E-state index in [9.17, 15) is 9.59 Å². The van der Waals surface area contributed by atoms with Crippen LogP contribution < -0.4 is 0 Å². The number of rotatable bonds is 2. The van der Waals surface area contributed by atoms with E-state index in [0.717, 1.165) is 4.90 Å². The third-order valence-electron chi connectivity index (χ3n) is 3.58. The summed E-state index contributed by atoms with van der Waals surface area (Å²) in [5, 5.41) is 9.03. The lowest BCUT2D eigenvalue weighted by Gasteiger charge is -2.26. The number of amides is 1. The summed E-state index contributed by atoms with van der Waals surface area (Å²) in [4.78, 5) is 24.3. The molecule has 22 heavy (non-hydrogen) atoms. The fourth-order valence-corrected chi connectivity index (χ4v) is 2.47. The van der Waals surface area contributed by atoms with E-state index in [-0.39, 0.29) is 17.7 Å². The third-order valence-corrected chi connectivity index (χ3v) is 3.58. The maximum atomic E-state index is 12.5. The average molecular weight is 308 g/mol. The van der Waals surface area contributed by atoms with Gasteiger partial charge in [-0.15, -0.1) is 0 Å². The van der Waals surface area contributed by atoms with Gasteiger partial charge in [0, 0.05) is 25.3 Å². The first-order chi connectivity index (χ1) is 12.1. The molecule has 1 amide bonds. The number of aromatic carboxylic acids is 1. The minimum Gasteiger partial charge on any atom is -0.478 e. The van der Waals surface area contributed by atoms with Crippen molar-refractivity contribution >= 4 is 12.1 Å². The number of carbonyl (C=O) groups is 2. The second-order valence-electron chi connectivity index (χ2n) is 6.47. The maximum absolute atomic E-state index is 12.5. The number of hydrogen-bond donors (Lipinski definition) is 1. The molecule has 1 N–H and O–H groups in total. The molecule has 5 heteroatoms. The van der Waals surface area contributed by atoms with E-state index in [2.05, 4.69) is 0 Å². The van der Waals surface area contributed by atoms with Crippen LogP contribution in [0.25, 0.3) is 0 Å². The van der Waals surface area contributed by atoms with Gasteiger partial charge in [0.15, 0.2) is 0 Å². The molecule has 1 aromatic carbocycles. The molecule has 1 saturated carbocycles. The van der Waals surface area contributed by atoms with Gasteiger partial charge >= 0.3 is 12.1 Å². The molecule has 5 nitrogen and oxygen atoms in total. The standard InChI is InChI=1S/C17H21NO4/c1-16(2,3)22-15(21)18-9-13-8-17(13,10-18)12-6-4-11(5-7-12)14(19)20/h4-7,13H,8-10H2,1-3H3,(H,19,20)/t13-,17+/m0/s1/i8D2,9D2,13D. The number of carboxylic acid groups (broad SMARTS) is 1. The molecule has 1 aliphatic carbocycles. The maximum Gasteiger partial charge on any atom is 0.410 e. The Morgan fingerprint density at radius 3 is 2.59 bits per heavy atom. The summed E-state index contributed by atoms with van der Waals surface area (Å²) in [5.74, 6) is -3.39. The number of nitrogens with zero attached hydrogens (tertiary/aromatic N) is 1. The lowest BCUT2D eigenvalue weighted by molar-refractivity contribution is 0.0270. The summed E-state index contributed by atoms with van der Waals surface area (Å²) in [6.07, 6.45) is -3.20. The van der Waals surface area contributed by atoms with E-state index in [1.807, 2.05) is 0 Å². The number of carbonyl (C=O) groups excluding carboxylic acids is 1. The SMILES string of the molecule is [2H]C1([2H])N(C(=O)OC(C)(C)C)C[C@@]2(c3ccc(C(=O)O)cc3)C([2H])([2H])[C@@]12[2H]. The van der Waals surface area contributed by atoms with Crippen molar-refractivity contribution in [3.63, 3.8) is 0 Å². The van der Waals surface area contributed by atoms with Crippen molar-refractivity contribution in [2.45, 2.75) is 38.2 Å². The minimum atomic E-state index is -2.61. The minimum absolute atomic E-state index is 0.00283. The normalized spacial score (nSPS) is 37.8. The lowest BCUT2D eigenvalue weighted by Crippen LogP contribution is -2.37. The van der Waals surface area contributed by atoms with Crippen LogP contribution in [0.3, 0.4) is 0 Å². The quantitative estimate of drug-likeness (QED) is 0.912. The smallest absolute Gasteiger partial charge is 0.410 e. The fourth-order valence-electron chi connectivity index (χ4n) is 2.47. The van der Waals surface area contributed by atoms with Crippen LogP contribution in [0.4, 0.5) is 4.79 Å². The summed E-state index contributed by atoms with van der Waals surface area (Å²) in [6, 6.07) is 5.33. The van der Waals surface area contributed by atoms with Crippen molar-refractivity contribution in [1.29, 1.82) is 0 Å². The Labute approximate surface area is 136 Å². The number of fused-ring (bicyclic) bond motifs is 1. The van der Waals surface area contributed by atoms with Crippen molar-refractivity contribution in [2.24, 2.45) is 5.89 Å². The Kier molecular flexibility index (Phi) is 2.12. The van der Waals surface area contributed by atoms with Crippen LogP contribution in [-0.4, -0.2) is 40.7 Å². The molecule has 0 radical (unpaired) electrons. The number of hydrogen-bond acceptors (Lipinski definition) is 3. The topological polar surface area (TPSA) is 66.8 Å².